The maximum atomic E-state index is 13.0. The highest BCUT2D eigenvalue weighted by Gasteiger charge is 2.21. The van der Waals surface area contributed by atoms with Gasteiger partial charge in [-0.2, -0.15) is 0 Å². The number of rotatable bonds is 10. The van der Waals surface area contributed by atoms with Gasteiger partial charge < -0.3 is 18.9 Å². The summed E-state index contributed by atoms with van der Waals surface area (Å²) in [5.41, 5.74) is 0.960. The lowest BCUT2D eigenvalue weighted by Crippen LogP contribution is -2.22. The van der Waals surface area contributed by atoms with Crippen LogP contribution in [0.2, 0.25) is 5.02 Å². The second kappa shape index (κ2) is 13.9. The summed E-state index contributed by atoms with van der Waals surface area (Å²) in [6.07, 6.45) is -1.07. The fourth-order valence-electron chi connectivity index (χ4n) is 5.99. The zero-order valence-corrected chi connectivity index (χ0v) is 27.8. The van der Waals surface area contributed by atoms with Gasteiger partial charge in [-0.15, -0.1) is 0 Å². The second-order valence-electron chi connectivity index (χ2n) is 12.1. The molecule has 0 spiro atoms. The van der Waals surface area contributed by atoms with E-state index in [1.807, 2.05) is 109 Å². The Kier molecular flexibility index (Phi) is 9.05. The summed E-state index contributed by atoms with van der Waals surface area (Å²) in [7, 11) is 0. The number of carbonyl (C=O) groups is 2. The molecular weight excluding hydrogens is 636 g/mol. The minimum Gasteiger partial charge on any atom is -0.488 e. The second-order valence-corrected chi connectivity index (χ2v) is 12.5. The van der Waals surface area contributed by atoms with Crippen molar-refractivity contribution in [3.63, 3.8) is 0 Å². The first kappa shape index (κ1) is 32.0. The van der Waals surface area contributed by atoms with Gasteiger partial charge >= 0.3 is 11.9 Å². The Balaban J connectivity index is 1.09. The first-order chi connectivity index (χ1) is 23.8. The monoisotopic (exact) mass is 668 g/mol. The molecule has 0 aliphatic carbocycles. The number of hydrogen-bond donors (Lipinski definition) is 0. The van der Waals surface area contributed by atoms with Crippen LogP contribution in [0.25, 0.3) is 43.1 Å². The number of fused-ring (bicyclic) bond motifs is 4. The molecular formula is C42H33ClO6. The molecule has 0 aromatic heterocycles. The maximum absolute atomic E-state index is 13.0. The van der Waals surface area contributed by atoms with E-state index >= 15 is 0 Å². The number of benzene rings is 7. The summed E-state index contributed by atoms with van der Waals surface area (Å²) in [6, 6.07) is 40.0. The van der Waals surface area contributed by atoms with Gasteiger partial charge in [0.15, 0.2) is 0 Å². The lowest BCUT2D eigenvalue weighted by Gasteiger charge is -2.21. The van der Waals surface area contributed by atoms with Crippen LogP contribution < -0.4 is 9.47 Å². The number of esters is 2. The van der Waals surface area contributed by atoms with E-state index in [0.717, 1.165) is 43.1 Å². The number of hydrogen-bond acceptors (Lipinski definition) is 6. The van der Waals surface area contributed by atoms with Gasteiger partial charge in [0.25, 0.3) is 0 Å². The van der Waals surface area contributed by atoms with Crippen LogP contribution in [0.5, 0.6) is 11.5 Å². The smallest absolute Gasteiger partial charge is 0.338 e. The molecule has 0 fully saturated rings. The van der Waals surface area contributed by atoms with Crippen molar-refractivity contribution in [3.8, 4) is 11.5 Å². The molecule has 7 heteroatoms. The molecule has 244 valence electrons. The molecule has 6 nitrogen and oxygen atoms in total. The van der Waals surface area contributed by atoms with E-state index < -0.39 is 24.1 Å². The summed E-state index contributed by atoms with van der Waals surface area (Å²) in [5, 5.41) is 7.74. The van der Waals surface area contributed by atoms with Crippen molar-refractivity contribution in [2.75, 3.05) is 13.2 Å². The molecule has 0 saturated heterocycles. The first-order valence-corrected chi connectivity index (χ1v) is 16.5. The highest BCUT2D eigenvalue weighted by atomic mass is 35.5. The van der Waals surface area contributed by atoms with Crippen LogP contribution in [-0.4, -0.2) is 37.4 Å². The maximum Gasteiger partial charge on any atom is 0.338 e. The Morgan fingerprint density at radius 3 is 1.45 bits per heavy atom. The van der Waals surface area contributed by atoms with Crippen molar-refractivity contribution in [2.45, 2.75) is 26.1 Å². The van der Waals surface area contributed by atoms with Gasteiger partial charge in [0.1, 0.15) is 36.9 Å². The lowest BCUT2D eigenvalue weighted by molar-refractivity contribution is 0.0222. The highest BCUT2D eigenvalue weighted by Crippen LogP contribution is 2.44. The summed E-state index contributed by atoms with van der Waals surface area (Å²) in [6.45, 7) is 3.85. The molecule has 0 aliphatic rings. The van der Waals surface area contributed by atoms with Crippen molar-refractivity contribution in [3.05, 3.63) is 144 Å². The van der Waals surface area contributed by atoms with Crippen molar-refractivity contribution in [1.29, 1.82) is 0 Å². The van der Waals surface area contributed by atoms with E-state index in [2.05, 4.69) is 0 Å². The number of ether oxygens (including phenoxy) is 4. The Hall–Kier alpha value is -5.59. The Morgan fingerprint density at radius 2 is 0.939 bits per heavy atom. The Bertz CT molecular complexity index is 2350. The van der Waals surface area contributed by atoms with E-state index in [1.165, 1.54) is 0 Å². The predicted octanol–water partition coefficient (Wildman–Crippen LogP) is 10.2. The molecule has 0 aliphatic heterocycles. The van der Waals surface area contributed by atoms with Crippen LogP contribution in [0, 0.1) is 0 Å². The Morgan fingerprint density at radius 1 is 0.510 bits per heavy atom. The molecule has 7 aromatic rings. The van der Waals surface area contributed by atoms with E-state index in [4.69, 9.17) is 30.5 Å². The van der Waals surface area contributed by atoms with Gasteiger partial charge in [-0.05, 0) is 77.9 Å². The molecule has 0 saturated carbocycles. The number of carbonyl (C=O) groups excluding carboxylic acids is 2. The van der Waals surface area contributed by atoms with Crippen molar-refractivity contribution < 1.29 is 28.5 Å². The van der Waals surface area contributed by atoms with Gasteiger partial charge in [-0.1, -0.05) is 96.5 Å². The molecule has 0 amide bonds. The molecule has 0 radical (unpaired) electrons. The van der Waals surface area contributed by atoms with Gasteiger partial charge in [-0.3, -0.25) is 0 Å². The highest BCUT2D eigenvalue weighted by molar-refractivity contribution is 6.31. The van der Waals surface area contributed by atoms with E-state index in [-0.39, 0.29) is 13.2 Å². The quantitative estimate of drug-likeness (QED) is 0.107. The molecule has 49 heavy (non-hydrogen) atoms. The molecule has 0 N–H and O–H groups in total. The standard InChI is InChI=1S/C42H33ClO6/c1-26(48-41(44)32-17-15-28-9-3-5-11-30(28)21-32)24-46-39-35-13-7-8-14-36(35)40(38-23-34(43)19-20-37(38)39)47-25-27(2)49-42(45)33-18-16-29-10-4-6-12-31(29)22-33/h3-23,26-27H,24-25H2,1-2H3. The molecule has 7 aromatic carbocycles. The van der Waals surface area contributed by atoms with E-state index in [9.17, 15) is 9.59 Å². The zero-order valence-electron chi connectivity index (χ0n) is 27.0. The van der Waals surface area contributed by atoms with Gasteiger partial charge in [-0.25, -0.2) is 9.59 Å². The van der Waals surface area contributed by atoms with Crippen LogP contribution in [0.4, 0.5) is 0 Å². The lowest BCUT2D eigenvalue weighted by atomic mass is 10.0. The molecule has 0 heterocycles. The summed E-state index contributed by atoms with van der Waals surface area (Å²) in [4.78, 5) is 26.0. The third kappa shape index (κ3) is 6.87. The summed E-state index contributed by atoms with van der Waals surface area (Å²) < 4.78 is 24.4. The van der Waals surface area contributed by atoms with Gasteiger partial charge in [0.2, 0.25) is 0 Å². The zero-order chi connectivity index (χ0) is 33.9. The van der Waals surface area contributed by atoms with E-state index in [0.29, 0.717) is 27.6 Å². The number of halogens is 1. The summed E-state index contributed by atoms with van der Waals surface area (Å²) in [5.74, 6) is 0.394. The minimum absolute atomic E-state index is 0.118. The topological polar surface area (TPSA) is 71.1 Å². The van der Waals surface area contributed by atoms with Crippen LogP contribution in [0.1, 0.15) is 34.6 Å². The van der Waals surface area contributed by atoms with Crippen LogP contribution >= 0.6 is 11.6 Å². The third-order valence-electron chi connectivity index (χ3n) is 8.40. The van der Waals surface area contributed by atoms with Crippen LogP contribution in [0.15, 0.2) is 127 Å². The van der Waals surface area contributed by atoms with E-state index in [1.54, 1.807) is 32.0 Å². The fourth-order valence-corrected chi connectivity index (χ4v) is 6.16. The molecule has 7 rings (SSSR count). The fraction of sp³-hybridized carbons (Fsp3) is 0.143. The van der Waals surface area contributed by atoms with Gasteiger partial charge in [0.05, 0.1) is 11.1 Å². The summed E-state index contributed by atoms with van der Waals surface area (Å²) >= 11 is 6.49. The molecule has 2 unspecified atom stereocenters. The van der Waals surface area contributed by atoms with Crippen LogP contribution in [0.3, 0.4) is 0 Å². The predicted molar refractivity (Wildman–Crippen MR) is 195 cm³/mol. The first-order valence-electron chi connectivity index (χ1n) is 16.1. The SMILES string of the molecule is CC(COc1c2ccccc2c(OCC(C)OC(=O)c2ccc3ccccc3c2)c2cc(Cl)ccc12)OC(=O)c1ccc2ccccc2c1. The van der Waals surface area contributed by atoms with Crippen molar-refractivity contribution in [1.82, 2.24) is 0 Å². The Labute approximate surface area is 288 Å². The minimum atomic E-state index is -0.541. The van der Waals surface area contributed by atoms with Gasteiger partial charge in [0, 0.05) is 26.6 Å². The average Bonchev–Trinajstić information content (AvgIpc) is 3.12. The molecule has 0 bridgehead atoms. The van der Waals surface area contributed by atoms with Crippen molar-refractivity contribution >= 4 is 66.6 Å². The normalized spacial score (nSPS) is 12.6. The third-order valence-corrected chi connectivity index (χ3v) is 8.63. The van der Waals surface area contributed by atoms with Crippen LogP contribution in [-0.2, 0) is 9.47 Å². The largest absolute Gasteiger partial charge is 0.488 e. The molecule has 2 atom stereocenters. The van der Waals surface area contributed by atoms with Crippen molar-refractivity contribution in [2.24, 2.45) is 0 Å². The average molecular weight is 669 g/mol.